The van der Waals surface area contributed by atoms with Crippen molar-refractivity contribution in [1.29, 1.82) is 0 Å². The Hall–Kier alpha value is -3.12. The maximum absolute atomic E-state index is 12.4. The van der Waals surface area contributed by atoms with Crippen LogP contribution in [0.1, 0.15) is 22.8 Å². The second-order valence-electron chi connectivity index (χ2n) is 6.28. The van der Waals surface area contributed by atoms with Crippen LogP contribution in [0.2, 0.25) is 0 Å². The van der Waals surface area contributed by atoms with Gasteiger partial charge in [0.1, 0.15) is 0 Å². The molecule has 2 amide bonds. The smallest absolute Gasteiger partial charge is 0.255 e. The van der Waals surface area contributed by atoms with Crippen LogP contribution in [0, 0.1) is 6.92 Å². The van der Waals surface area contributed by atoms with Gasteiger partial charge in [0.25, 0.3) is 5.91 Å². The van der Waals surface area contributed by atoms with Crippen LogP contribution in [0.5, 0.6) is 0 Å². The van der Waals surface area contributed by atoms with E-state index in [-0.39, 0.29) is 17.1 Å². The number of pyridine rings is 1. The maximum Gasteiger partial charge on any atom is 0.255 e. The Morgan fingerprint density at radius 2 is 1.54 bits per heavy atom. The number of carbonyl (C=O) groups is 2. The average Bonchev–Trinajstić information content (AvgIpc) is 2.70. The van der Waals surface area contributed by atoms with E-state index < -0.39 is 0 Å². The Morgan fingerprint density at radius 1 is 0.893 bits per heavy atom. The van der Waals surface area contributed by atoms with E-state index >= 15 is 0 Å². The van der Waals surface area contributed by atoms with Crippen molar-refractivity contribution in [3.63, 3.8) is 0 Å². The summed E-state index contributed by atoms with van der Waals surface area (Å²) >= 11 is 1.46. The number of aryl methyl sites for hydroxylation is 1. The fourth-order valence-electron chi connectivity index (χ4n) is 2.58. The van der Waals surface area contributed by atoms with Gasteiger partial charge in [-0.25, -0.2) is 0 Å². The molecule has 3 aromatic rings. The van der Waals surface area contributed by atoms with Crippen molar-refractivity contribution in [2.45, 2.75) is 24.0 Å². The number of carbonyl (C=O) groups excluding carboxylic acids is 2. The van der Waals surface area contributed by atoms with Crippen LogP contribution in [-0.2, 0) is 4.79 Å². The first kappa shape index (κ1) is 19.6. The lowest BCUT2D eigenvalue weighted by Gasteiger charge is -2.12. The minimum Gasteiger partial charge on any atom is -0.325 e. The first-order valence-corrected chi connectivity index (χ1v) is 9.75. The molecule has 1 unspecified atom stereocenters. The van der Waals surface area contributed by atoms with Crippen LogP contribution in [0.4, 0.5) is 11.4 Å². The molecule has 6 heteroatoms. The van der Waals surface area contributed by atoms with E-state index in [2.05, 4.69) is 15.6 Å². The maximum atomic E-state index is 12.4. The second-order valence-corrected chi connectivity index (χ2v) is 7.69. The van der Waals surface area contributed by atoms with E-state index in [0.29, 0.717) is 11.3 Å². The normalized spacial score (nSPS) is 11.5. The van der Waals surface area contributed by atoms with Gasteiger partial charge in [0.15, 0.2) is 0 Å². The molecule has 0 aliphatic carbocycles. The standard InChI is InChI=1S/C22H21N3O2S/c1-15-5-3-4-6-20(15)22(27)25-17-7-9-19(10-8-17)28-16(2)21(26)24-18-11-13-23-14-12-18/h3-14,16H,1-2H3,(H,25,27)(H,23,24,26). The van der Waals surface area contributed by atoms with Gasteiger partial charge in [0.05, 0.1) is 5.25 Å². The predicted octanol–water partition coefficient (Wildman–Crippen LogP) is 4.76. The van der Waals surface area contributed by atoms with Crippen molar-refractivity contribution in [3.8, 4) is 0 Å². The van der Waals surface area contributed by atoms with Crippen LogP contribution >= 0.6 is 11.8 Å². The molecule has 2 aromatic carbocycles. The number of nitrogens with one attached hydrogen (secondary N) is 2. The quantitative estimate of drug-likeness (QED) is 0.594. The zero-order valence-corrected chi connectivity index (χ0v) is 16.5. The van der Waals surface area contributed by atoms with Gasteiger partial charge in [0, 0.05) is 34.2 Å². The zero-order valence-electron chi connectivity index (χ0n) is 15.7. The van der Waals surface area contributed by atoms with E-state index in [4.69, 9.17) is 0 Å². The SMILES string of the molecule is Cc1ccccc1C(=O)Nc1ccc(SC(C)C(=O)Nc2ccncc2)cc1. The lowest BCUT2D eigenvalue weighted by atomic mass is 10.1. The Labute approximate surface area is 168 Å². The number of anilines is 2. The third-order valence-corrected chi connectivity index (χ3v) is 5.24. The van der Waals surface area contributed by atoms with E-state index in [9.17, 15) is 9.59 Å². The molecule has 142 valence electrons. The highest BCUT2D eigenvalue weighted by molar-refractivity contribution is 8.00. The number of amides is 2. The topological polar surface area (TPSA) is 71.1 Å². The fraction of sp³-hybridized carbons (Fsp3) is 0.136. The minimum absolute atomic E-state index is 0.0758. The summed E-state index contributed by atoms with van der Waals surface area (Å²) in [6.07, 6.45) is 3.27. The highest BCUT2D eigenvalue weighted by atomic mass is 32.2. The average molecular weight is 391 g/mol. The number of nitrogens with zero attached hydrogens (tertiary/aromatic N) is 1. The lowest BCUT2D eigenvalue weighted by molar-refractivity contribution is -0.115. The molecule has 0 radical (unpaired) electrons. The van der Waals surface area contributed by atoms with E-state index in [0.717, 1.165) is 16.1 Å². The summed E-state index contributed by atoms with van der Waals surface area (Å²) in [5, 5.41) is 5.50. The van der Waals surface area contributed by atoms with E-state index in [1.54, 1.807) is 30.6 Å². The first-order chi connectivity index (χ1) is 13.5. The summed E-state index contributed by atoms with van der Waals surface area (Å²) in [5.74, 6) is -0.211. The number of aromatic nitrogens is 1. The molecule has 2 N–H and O–H groups in total. The molecule has 5 nitrogen and oxygen atoms in total. The molecule has 0 spiro atoms. The number of rotatable bonds is 6. The number of hydrogen-bond donors (Lipinski definition) is 2. The van der Waals surface area contributed by atoms with Crippen molar-refractivity contribution < 1.29 is 9.59 Å². The highest BCUT2D eigenvalue weighted by Crippen LogP contribution is 2.26. The monoisotopic (exact) mass is 391 g/mol. The molecule has 0 bridgehead atoms. The number of hydrogen-bond acceptors (Lipinski definition) is 4. The summed E-state index contributed by atoms with van der Waals surface area (Å²) in [4.78, 5) is 29.6. The Morgan fingerprint density at radius 3 is 2.21 bits per heavy atom. The van der Waals surface area contributed by atoms with Gasteiger partial charge in [-0.3, -0.25) is 14.6 Å². The molecule has 1 atom stereocenters. The predicted molar refractivity (Wildman–Crippen MR) is 114 cm³/mol. The summed E-state index contributed by atoms with van der Waals surface area (Å²) in [7, 11) is 0. The van der Waals surface area contributed by atoms with Gasteiger partial charge >= 0.3 is 0 Å². The van der Waals surface area contributed by atoms with Gasteiger partial charge in [-0.1, -0.05) is 18.2 Å². The molecule has 0 fully saturated rings. The van der Waals surface area contributed by atoms with E-state index in [1.807, 2.05) is 56.3 Å². The summed E-state index contributed by atoms with van der Waals surface area (Å²) in [5.41, 5.74) is 3.02. The first-order valence-electron chi connectivity index (χ1n) is 8.87. The van der Waals surface area contributed by atoms with Crippen LogP contribution in [0.3, 0.4) is 0 Å². The van der Waals surface area contributed by atoms with Crippen molar-refractivity contribution >= 4 is 35.0 Å². The number of thioether (sulfide) groups is 1. The third kappa shape index (κ3) is 5.20. The summed E-state index contributed by atoms with van der Waals surface area (Å²) < 4.78 is 0. The Bertz CT molecular complexity index is 959. The minimum atomic E-state index is -0.263. The molecule has 0 aliphatic rings. The van der Waals surface area contributed by atoms with Gasteiger partial charge in [-0.15, -0.1) is 11.8 Å². The lowest BCUT2D eigenvalue weighted by Crippen LogP contribution is -2.22. The van der Waals surface area contributed by atoms with Crippen LogP contribution in [0.25, 0.3) is 0 Å². The largest absolute Gasteiger partial charge is 0.325 e. The van der Waals surface area contributed by atoms with Crippen molar-refractivity contribution in [1.82, 2.24) is 4.98 Å². The fourth-order valence-corrected chi connectivity index (χ4v) is 3.45. The zero-order chi connectivity index (χ0) is 19.9. The molecule has 28 heavy (non-hydrogen) atoms. The van der Waals surface area contributed by atoms with Gasteiger partial charge in [-0.2, -0.15) is 0 Å². The van der Waals surface area contributed by atoms with Crippen LogP contribution in [0.15, 0.2) is 78.0 Å². The molecule has 1 heterocycles. The second kappa shape index (κ2) is 9.19. The summed E-state index contributed by atoms with van der Waals surface area (Å²) in [6.45, 7) is 3.77. The van der Waals surface area contributed by atoms with Crippen LogP contribution in [-0.4, -0.2) is 22.0 Å². The van der Waals surface area contributed by atoms with Crippen LogP contribution < -0.4 is 10.6 Å². The van der Waals surface area contributed by atoms with Gasteiger partial charge in [-0.05, 0) is 61.9 Å². The third-order valence-electron chi connectivity index (χ3n) is 4.13. The molecule has 0 saturated heterocycles. The molecule has 1 aromatic heterocycles. The highest BCUT2D eigenvalue weighted by Gasteiger charge is 2.15. The molecule has 0 saturated carbocycles. The molecular weight excluding hydrogens is 370 g/mol. The Balaban J connectivity index is 1.57. The van der Waals surface area contributed by atoms with Gasteiger partial charge in [0.2, 0.25) is 5.91 Å². The van der Waals surface area contributed by atoms with E-state index in [1.165, 1.54) is 11.8 Å². The van der Waals surface area contributed by atoms with Crippen molar-refractivity contribution in [3.05, 3.63) is 84.2 Å². The molecule has 3 rings (SSSR count). The summed E-state index contributed by atoms with van der Waals surface area (Å²) in [6, 6.07) is 18.4. The van der Waals surface area contributed by atoms with Crippen molar-refractivity contribution in [2.75, 3.05) is 10.6 Å². The number of benzene rings is 2. The van der Waals surface area contributed by atoms with Gasteiger partial charge < -0.3 is 10.6 Å². The van der Waals surface area contributed by atoms with Crippen molar-refractivity contribution in [2.24, 2.45) is 0 Å². The molecule has 0 aliphatic heterocycles. The molecular formula is C22H21N3O2S. The Kier molecular flexibility index (Phi) is 6.45.